The second kappa shape index (κ2) is 15.5. The van der Waals surface area contributed by atoms with Crippen molar-refractivity contribution < 1.29 is 60.8 Å². The Labute approximate surface area is 331 Å². The molecule has 0 amide bonds. The molecule has 0 aliphatic rings. The minimum atomic E-state index is -5.06. The summed E-state index contributed by atoms with van der Waals surface area (Å²) in [5.41, 5.74) is -2.70. The molecule has 6 aromatic rings. The molecule has 1 N–H and O–H groups in total. The van der Waals surface area contributed by atoms with E-state index in [2.05, 4.69) is 11.1 Å². The molecule has 0 unspecified atom stereocenters. The Morgan fingerprint density at radius 1 is 0.745 bits per heavy atom. The van der Waals surface area contributed by atoms with Gasteiger partial charge in [0.2, 0.25) is 0 Å². The fourth-order valence-electron chi connectivity index (χ4n) is 6.77. The first kappa shape index (κ1) is 43.8. The van der Waals surface area contributed by atoms with Crippen LogP contribution >= 0.6 is 0 Å². The van der Waals surface area contributed by atoms with E-state index in [0.717, 1.165) is 42.0 Å². The Hall–Kier alpha value is -3.95. The van der Waals surface area contributed by atoms with E-state index in [9.17, 15) is 36.2 Å². The van der Waals surface area contributed by atoms with E-state index in [1.165, 1.54) is 24.4 Å². The maximum atomic E-state index is 14.0. The molecule has 0 saturated carbocycles. The number of nitrogens with zero attached hydrogens (tertiary/aromatic N) is 1. The van der Waals surface area contributed by atoms with Crippen molar-refractivity contribution in [2.24, 2.45) is 10.8 Å². The van der Waals surface area contributed by atoms with Gasteiger partial charge in [-0.15, -0.1) is 29.1 Å². The first-order valence-electron chi connectivity index (χ1n) is 18.2. The number of alkyl halides is 6. The predicted octanol–water partition coefficient (Wildman–Crippen LogP) is 14.2. The summed E-state index contributed by atoms with van der Waals surface area (Å²) in [6.07, 6.45) is -3.85. The van der Waals surface area contributed by atoms with Gasteiger partial charge in [-0.3, -0.25) is 9.78 Å². The summed E-state index contributed by atoms with van der Waals surface area (Å²) < 4.78 is 89.3. The summed E-state index contributed by atoms with van der Waals surface area (Å²) >= 11 is 0. The summed E-state index contributed by atoms with van der Waals surface area (Å²) in [5, 5.41) is 11.9. The minimum Gasteiger partial charge on any atom is -0.512 e. The number of ketones is 1. The molecule has 0 aliphatic carbocycles. The van der Waals surface area contributed by atoms with Crippen LogP contribution in [0.2, 0.25) is 0 Å². The number of benzene rings is 4. The van der Waals surface area contributed by atoms with E-state index in [-0.39, 0.29) is 81.4 Å². The van der Waals surface area contributed by atoms with Gasteiger partial charge in [0.1, 0.15) is 16.9 Å². The average Bonchev–Trinajstić information content (AvgIpc) is 3.52. The van der Waals surface area contributed by atoms with Crippen LogP contribution in [0.1, 0.15) is 105 Å². The third-order valence-corrected chi connectivity index (χ3v) is 11.3. The fourth-order valence-corrected chi connectivity index (χ4v) is 6.77. The number of carbonyl (C=O) groups excluding carboxylic acids is 1. The van der Waals surface area contributed by atoms with Crippen molar-refractivity contribution in [1.82, 2.24) is 4.98 Å². The number of carbonyl (C=O) groups is 1. The topological polar surface area (TPSA) is 63.3 Å². The normalized spacial score (nSPS) is 13.4. The summed E-state index contributed by atoms with van der Waals surface area (Å²) in [4.78, 5) is 16.7. The molecule has 1 radical (unpaired) electrons. The average molecular weight is 943 g/mol. The van der Waals surface area contributed by atoms with Gasteiger partial charge in [0, 0.05) is 65.1 Å². The van der Waals surface area contributed by atoms with Crippen LogP contribution in [0, 0.1) is 16.9 Å². The molecule has 0 atom stereocenters. The van der Waals surface area contributed by atoms with E-state index in [1.807, 2.05) is 92.6 Å². The molecule has 11 heteroatoms. The predicted molar refractivity (Wildman–Crippen MR) is 204 cm³/mol. The van der Waals surface area contributed by atoms with Crippen LogP contribution in [0.4, 0.5) is 26.3 Å². The van der Waals surface area contributed by atoms with Crippen LogP contribution in [0.3, 0.4) is 0 Å². The van der Waals surface area contributed by atoms with E-state index in [0.29, 0.717) is 10.9 Å². The van der Waals surface area contributed by atoms with Crippen LogP contribution in [-0.2, 0) is 42.7 Å². The molecular weight excluding hydrogens is 897 g/mol. The van der Waals surface area contributed by atoms with Crippen LogP contribution in [0.15, 0.2) is 71.0 Å². The van der Waals surface area contributed by atoms with Crippen molar-refractivity contribution in [3.8, 4) is 11.3 Å². The number of aromatic nitrogens is 1. The first-order chi connectivity index (χ1) is 25.0. The van der Waals surface area contributed by atoms with Gasteiger partial charge in [0.05, 0.1) is 11.1 Å². The van der Waals surface area contributed by atoms with Crippen LogP contribution in [-0.4, -0.2) is 15.9 Å². The molecule has 0 bridgehead atoms. The number of aliphatic hydroxyl groups is 1. The van der Waals surface area contributed by atoms with Crippen molar-refractivity contribution in [3.63, 3.8) is 0 Å². The maximum absolute atomic E-state index is 14.0. The van der Waals surface area contributed by atoms with E-state index in [4.69, 9.17) is 4.42 Å². The van der Waals surface area contributed by atoms with Crippen molar-refractivity contribution in [2.45, 2.75) is 106 Å². The zero-order valence-corrected chi connectivity index (χ0v) is 34.8. The molecule has 2 heterocycles. The van der Waals surface area contributed by atoms with E-state index in [1.54, 1.807) is 0 Å². The molecule has 0 aliphatic heterocycles. The van der Waals surface area contributed by atoms with Crippen molar-refractivity contribution in [1.29, 1.82) is 0 Å². The van der Waals surface area contributed by atoms with Gasteiger partial charge in [-0.1, -0.05) is 104 Å². The molecule has 0 spiro atoms. The minimum absolute atomic E-state index is 0. The Morgan fingerprint density at radius 3 is 1.87 bits per heavy atom. The molecule has 6 rings (SSSR count). The number of hydrogen-bond donors (Lipinski definition) is 1. The van der Waals surface area contributed by atoms with Crippen molar-refractivity contribution in [3.05, 3.63) is 89.3 Å². The summed E-state index contributed by atoms with van der Waals surface area (Å²) in [6.45, 7) is 18.2. The van der Waals surface area contributed by atoms with Crippen LogP contribution in [0.5, 0.6) is 0 Å². The SMILES string of the molecule is CC(C)(C)c1cc(-c2ncc3ccc4c(C(F)(F)F)cc(C(F)(F)F)c5oc2c3c45)[c-]c2ccccc12.CCC(C)(CC)C(=O)/C=C(\O)C(C)(CC)CC.[Ir]. The smallest absolute Gasteiger partial charge is 0.420 e. The molecule has 0 saturated heterocycles. The second-order valence-electron chi connectivity index (χ2n) is 15.6. The van der Waals surface area contributed by atoms with Crippen molar-refractivity contribution >= 4 is 49.3 Å². The van der Waals surface area contributed by atoms with Gasteiger partial charge < -0.3 is 9.52 Å². The Kier molecular flexibility index (Phi) is 12.4. The van der Waals surface area contributed by atoms with Crippen LogP contribution in [0.25, 0.3) is 54.7 Å². The zero-order valence-electron chi connectivity index (χ0n) is 32.4. The molecule has 55 heavy (non-hydrogen) atoms. The number of halogens is 6. The van der Waals surface area contributed by atoms with Crippen LogP contribution < -0.4 is 0 Å². The maximum Gasteiger partial charge on any atom is 0.420 e. The Bertz CT molecular complexity index is 2360. The quantitative estimate of drug-likeness (QED) is 0.0543. The van der Waals surface area contributed by atoms with E-state index < -0.39 is 29.1 Å². The standard InChI is InChI=1S/C29H18F6NO.C15H28O2.Ir/c1-27(2,3)19-11-16(10-14-6-4-5-7-17(14)19)24-26-22-15(13-36-24)8-9-18-20(28(30,31)32)12-21(29(33,34)35)25(37-26)23(18)22;1-7-14(5,8-2)12(16)11-13(17)15(6,9-3)10-4;/h4-9,11-13H,1-3H3;11,16H,7-10H2,1-6H3;/q-1;;/b;12-11-;. The van der Waals surface area contributed by atoms with Gasteiger partial charge in [-0.2, -0.15) is 26.3 Å². The third kappa shape index (κ3) is 8.15. The van der Waals surface area contributed by atoms with Gasteiger partial charge in [0.25, 0.3) is 0 Å². The number of fused-ring (bicyclic) bond motifs is 1. The number of furan rings is 1. The van der Waals surface area contributed by atoms with E-state index >= 15 is 0 Å². The second-order valence-corrected chi connectivity index (χ2v) is 15.6. The number of rotatable bonds is 8. The number of allylic oxidation sites excluding steroid dienone is 2. The van der Waals surface area contributed by atoms with Gasteiger partial charge in [-0.05, 0) is 42.6 Å². The third-order valence-electron chi connectivity index (χ3n) is 11.3. The molecule has 297 valence electrons. The summed E-state index contributed by atoms with van der Waals surface area (Å²) in [5.74, 6) is 0.286. The van der Waals surface area contributed by atoms with Gasteiger partial charge in [0.15, 0.2) is 5.78 Å². The Morgan fingerprint density at radius 2 is 1.33 bits per heavy atom. The zero-order chi connectivity index (χ0) is 40.2. The fraction of sp³-hybridized carbons (Fsp3) is 0.409. The number of aliphatic hydroxyl groups excluding tert-OH is 1. The van der Waals surface area contributed by atoms with Gasteiger partial charge in [-0.25, -0.2) is 0 Å². The molecule has 4 nitrogen and oxygen atoms in total. The Balaban J connectivity index is 0.000000320. The molecule has 0 fully saturated rings. The monoisotopic (exact) mass is 943 g/mol. The summed E-state index contributed by atoms with van der Waals surface area (Å²) in [6, 6.07) is 15.5. The number of hydrogen-bond acceptors (Lipinski definition) is 4. The number of pyridine rings is 1. The summed E-state index contributed by atoms with van der Waals surface area (Å²) in [7, 11) is 0. The molecule has 4 aromatic carbocycles. The molecule has 2 aromatic heterocycles. The van der Waals surface area contributed by atoms with Crippen molar-refractivity contribution in [2.75, 3.05) is 0 Å². The largest absolute Gasteiger partial charge is 0.512 e. The van der Waals surface area contributed by atoms with Gasteiger partial charge >= 0.3 is 12.4 Å². The first-order valence-corrected chi connectivity index (χ1v) is 18.2. The molecular formula is C44H46F6IrNO3-.